The molecular weight excluding hydrogens is 396 g/mol. The summed E-state index contributed by atoms with van der Waals surface area (Å²) in [6.45, 7) is 7.09. The second-order valence-corrected chi connectivity index (χ2v) is 10.3. The molecule has 0 aromatic heterocycles. The number of epoxide rings is 1. The fourth-order valence-corrected chi connectivity index (χ4v) is 7.43. The molecule has 5 aliphatic rings. The van der Waals surface area contributed by atoms with E-state index < -0.39 is 5.97 Å². The molecule has 0 N–H and O–H groups in total. The van der Waals surface area contributed by atoms with Crippen LogP contribution in [0.5, 0.6) is 0 Å². The lowest BCUT2D eigenvalue weighted by atomic mass is 9.48. The molecule has 5 rings (SSSR count). The van der Waals surface area contributed by atoms with E-state index in [1.165, 1.54) is 13.8 Å². The highest BCUT2D eigenvalue weighted by molar-refractivity contribution is 5.85. The van der Waals surface area contributed by atoms with Gasteiger partial charge < -0.3 is 14.2 Å². The first-order chi connectivity index (χ1) is 14.6. The van der Waals surface area contributed by atoms with E-state index in [0.717, 1.165) is 31.3 Å². The summed E-state index contributed by atoms with van der Waals surface area (Å²) in [4.78, 5) is 35.5. The molecule has 1 heterocycles. The lowest BCUT2D eigenvalue weighted by Gasteiger charge is -2.53. The SMILES string of the molecule is CC(=O)OCC(=O)[C@H]1CC[C@H]2[C@@H]3CC=C4C=C(OC(C)=O)C=C[C@]4(C)[C@@]34O[C@H]4C[C@]12C. The molecule has 6 heteroatoms. The van der Waals surface area contributed by atoms with E-state index in [1.807, 2.05) is 12.2 Å². The molecule has 1 spiro atoms. The van der Waals surface area contributed by atoms with E-state index in [-0.39, 0.29) is 46.8 Å². The Balaban J connectivity index is 1.44. The number of Topliss-reactive ketones (excluding diaryl/α,β-unsaturated/α-hetero) is 1. The Labute approximate surface area is 182 Å². The second-order valence-electron chi connectivity index (χ2n) is 10.3. The number of rotatable bonds is 4. The number of ketones is 1. The highest BCUT2D eigenvalue weighted by Crippen LogP contribution is 2.74. The molecule has 0 bridgehead atoms. The Morgan fingerprint density at radius 1 is 1.13 bits per heavy atom. The van der Waals surface area contributed by atoms with Crippen LogP contribution in [0.2, 0.25) is 0 Å². The third-order valence-electron chi connectivity index (χ3n) is 8.78. The quantitative estimate of drug-likeness (QED) is 0.504. The van der Waals surface area contributed by atoms with Gasteiger partial charge in [-0.15, -0.1) is 0 Å². The summed E-state index contributed by atoms with van der Waals surface area (Å²) in [5.41, 5.74) is 0.481. The van der Waals surface area contributed by atoms with E-state index in [4.69, 9.17) is 14.2 Å². The molecule has 31 heavy (non-hydrogen) atoms. The maximum atomic E-state index is 12.9. The van der Waals surface area contributed by atoms with Crippen molar-refractivity contribution in [1.29, 1.82) is 0 Å². The molecule has 166 valence electrons. The largest absolute Gasteiger partial charge is 0.458 e. The summed E-state index contributed by atoms with van der Waals surface area (Å²) in [6, 6.07) is 0. The molecule has 0 amide bonds. The summed E-state index contributed by atoms with van der Waals surface area (Å²) in [7, 11) is 0. The van der Waals surface area contributed by atoms with E-state index >= 15 is 0 Å². The fourth-order valence-electron chi connectivity index (χ4n) is 7.43. The maximum Gasteiger partial charge on any atom is 0.308 e. The Hall–Kier alpha value is -2.21. The smallest absolute Gasteiger partial charge is 0.308 e. The number of allylic oxidation sites excluding steroid dienone is 3. The van der Waals surface area contributed by atoms with Crippen LogP contribution in [0.3, 0.4) is 0 Å². The zero-order chi connectivity index (χ0) is 22.2. The van der Waals surface area contributed by atoms with Crippen molar-refractivity contribution in [3.63, 3.8) is 0 Å². The monoisotopic (exact) mass is 426 g/mol. The zero-order valence-corrected chi connectivity index (χ0v) is 18.6. The summed E-state index contributed by atoms with van der Waals surface area (Å²) < 4.78 is 16.9. The van der Waals surface area contributed by atoms with Crippen molar-refractivity contribution in [1.82, 2.24) is 0 Å². The van der Waals surface area contributed by atoms with Gasteiger partial charge in [0.05, 0.1) is 6.10 Å². The molecular formula is C25H30O6. The van der Waals surface area contributed by atoms with Crippen LogP contribution in [0, 0.1) is 28.6 Å². The van der Waals surface area contributed by atoms with Gasteiger partial charge in [0, 0.05) is 25.2 Å². The first-order valence-electron chi connectivity index (χ1n) is 11.3. The normalized spacial score (nSPS) is 44.0. The third-order valence-corrected chi connectivity index (χ3v) is 8.78. The molecule has 0 unspecified atom stereocenters. The third kappa shape index (κ3) is 2.76. The van der Waals surface area contributed by atoms with Gasteiger partial charge in [-0.05, 0) is 67.6 Å². The minimum absolute atomic E-state index is 0.0399. The van der Waals surface area contributed by atoms with Gasteiger partial charge in [-0.3, -0.25) is 14.4 Å². The number of carbonyl (C=O) groups is 3. The van der Waals surface area contributed by atoms with Crippen LogP contribution in [-0.2, 0) is 28.6 Å². The average Bonchev–Trinajstić information content (AvgIpc) is 3.30. The topological polar surface area (TPSA) is 82.2 Å². The van der Waals surface area contributed by atoms with Gasteiger partial charge >= 0.3 is 11.9 Å². The van der Waals surface area contributed by atoms with Crippen LogP contribution in [0.25, 0.3) is 0 Å². The van der Waals surface area contributed by atoms with Crippen molar-refractivity contribution in [2.75, 3.05) is 6.61 Å². The molecule has 1 saturated heterocycles. The minimum atomic E-state index is -0.413. The first-order valence-corrected chi connectivity index (χ1v) is 11.3. The molecule has 6 nitrogen and oxygen atoms in total. The van der Waals surface area contributed by atoms with Crippen LogP contribution in [0.15, 0.2) is 35.6 Å². The zero-order valence-electron chi connectivity index (χ0n) is 18.6. The number of hydrogen-bond acceptors (Lipinski definition) is 6. The first kappa shape index (κ1) is 20.7. The van der Waals surface area contributed by atoms with Gasteiger partial charge in [0.25, 0.3) is 0 Å². The Bertz CT molecular complexity index is 959. The van der Waals surface area contributed by atoms with Gasteiger partial charge in [-0.25, -0.2) is 0 Å². The maximum absolute atomic E-state index is 12.9. The van der Waals surface area contributed by atoms with E-state index in [1.54, 1.807) is 0 Å². The molecule has 0 aromatic rings. The minimum Gasteiger partial charge on any atom is -0.458 e. The van der Waals surface area contributed by atoms with Gasteiger partial charge in [-0.2, -0.15) is 0 Å². The van der Waals surface area contributed by atoms with E-state index in [0.29, 0.717) is 17.6 Å². The number of hydrogen-bond donors (Lipinski definition) is 0. The standard InChI is InChI=1S/C25H30O6/c1-14(26)29-13-21(28)20-8-7-18-19-6-5-16-11-17(30-15(2)27)9-10-24(16,4)25(19)22(31-25)12-23(18,20)3/h5,9-11,18-20,22H,6-8,12-13H2,1-4H3/t18-,19-,20+,22-,23-,24-,25+/m0/s1. The van der Waals surface area contributed by atoms with Crippen LogP contribution in [0.4, 0.5) is 0 Å². The van der Waals surface area contributed by atoms with Crippen molar-refractivity contribution in [2.45, 2.75) is 65.1 Å². The molecule has 4 aliphatic carbocycles. The van der Waals surface area contributed by atoms with Crippen molar-refractivity contribution in [2.24, 2.45) is 28.6 Å². The summed E-state index contributed by atoms with van der Waals surface area (Å²) >= 11 is 0. The number of ether oxygens (including phenoxy) is 3. The van der Waals surface area contributed by atoms with Crippen LogP contribution in [0.1, 0.15) is 53.4 Å². The van der Waals surface area contributed by atoms with Gasteiger partial charge in [-0.1, -0.05) is 19.1 Å². The summed E-state index contributed by atoms with van der Waals surface area (Å²) in [6.07, 6.45) is 12.0. The van der Waals surface area contributed by atoms with Crippen molar-refractivity contribution < 1.29 is 28.6 Å². The number of fused-ring (bicyclic) bond motifs is 3. The van der Waals surface area contributed by atoms with Crippen LogP contribution >= 0.6 is 0 Å². The van der Waals surface area contributed by atoms with Gasteiger partial charge in [0.2, 0.25) is 0 Å². The molecule has 0 radical (unpaired) electrons. The highest BCUT2D eigenvalue weighted by Gasteiger charge is 2.78. The molecule has 3 fully saturated rings. The number of carbonyl (C=O) groups excluding carboxylic acids is 3. The van der Waals surface area contributed by atoms with E-state index in [9.17, 15) is 14.4 Å². The Kier molecular flexibility index (Phi) is 4.43. The van der Waals surface area contributed by atoms with Crippen LogP contribution < -0.4 is 0 Å². The predicted molar refractivity (Wildman–Crippen MR) is 111 cm³/mol. The van der Waals surface area contributed by atoms with Crippen molar-refractivity contribution in [3.05, 3.63) is 35.6 Å². The van der Waals surface area contributed by atoms with Gasteiger partial charge in [0.1, 0.15) is 18.0 Å². The van der Waals surface area contributed by atoms with Crippen molar-refractivity contribution in [3.8, 4) is 0 Å². The van der Waals surface area contributed by atoms with Crippen LogP contribution in [-0.4, -0.2) is 36.0 Å². The number of esters is 2. The molecule has 0 aromatic carbocycles. The van der Waals surface area contributed by atoms with Crippen molar-refractivity contribution >= 4 is 17.7 Å². The summed E-state index contributed by atoms with van der Waals surface area (Å²) in [5, 5.41) is 0. The Morgan fingerprint density at radius 3 is 2.61 bits per heavy atom. The summed E-state index contributed by atoms with van der Waals surface area (Å²) in [5.74, 6) is 0.513. The van der Waals surface area contributed by atoms with E-state index in [2.05, 4.69) is 26.0 Å². The molecule has 1 aliphatic heterocycles. The lowest BCUT2D eigenvalue weighted by Crippen LogP contribution is -2.56. The average molecular weight is 427 g/mol. The highest BCUT2D eigenvalue weighted by atomic mass is 16.6. The molecule has 2 saturated carbocycles. The predicted octanol–water partition coefficient (Wildman–Crippen LogP) is 3.66. The fraction of sp³-hybridized carbons (Fsp3) is 0.640. The Morgan fingerprint density at radius 2 is 1.90 bits per heavy atom. The lowest BCUT2D eigenvalue weighted by molar-refractivity contribution is -0.148. The van der Waals surface area contributed by atoms with Gasteiger partial charge in [0.15, 0.2) is 5.78 Å². The second kappa shape index (κ2) is 6.64. The molecule has 7 atom stereocenters.